The van der Waals surface area contributed by atoms with Crippen molar-refractivity contribution in [3.05, 3.63) is 47.3 Å². The fraction of sp³-hybridized carbons (Fsp3) is 0.429. The molecule has 0 saturated carbocycles. The quantitative estimate of drug-likeness (QED) is 0.855. The number of ether oxygens (including phenoxy) is 1. The van der Waals surface area contributed by atoms with Crippen LogP contribution in [0.25, 0.3) is 0 Å². The molecule has 0 saturated heterocycles. The summed E-state index contributed by atoms with van der Waals surface area (Å²) in [5, 5.41) is 3.37. The van der Waals surface area contributed by atoms with Gasteiger partial charge in [-0.15, -0.1) is 0 Å². The SMILES string of the molecule is COCC(NCc1ccc(C)o1)c1ccc(C)o1. The third-order valence-electron chi connectivity index (χ3n) is 2.76. The zero-order valence-corrected chi connectivity index (χ0v) is 11.0. The van der Waals surface area contributed by atoms with Crippen LogP contribution in [-0.2, 0) is 11.3 Å². The monoisotopic (exact) mass is 249 g/mol. The lowest BCUT2D eigenvalue weighted by atomic mass is 10.2. The van der Waals surface area contributed by atoms with E-state index in [2.05, 4.69) is 5.32 Å². The minimum Gasteiger partial charge on any atom is -0.465 e. The van der Waals surface area contributed by atoms with Crippen molar-refractivity contribution < 1.29 is 13.6 Å². The summed E-state index contributed by atoms with van der Waals surface area (Å²) in [5.41, 5.74) is 0. The fourth-order valence-corrected chi connectivity index (χ4v) is 1.85. The highest BCUT2D eigenvalue weighted by Crippen LogP contribution is 2.17. The van der Waals surface area contributed by atoms with E-state index in [1.807, 2.05) is 38.1 Å². The van der Waals surface area contributed by atoms with Crippen molar-refractivity contribution in [2.75, 3.05) is 13.7 Å². The number of nitrogens with one attached hydrogen (secondary N) is 1. The number of hydrogen-bond donors (Lipinski definition) is 1. The summed E-state index contributed by atoms with van der Waals surface area (Å²) in [6.45, 7) is 5.09. The molecular weight excluding hydrogens is 230 g/mol. The molecule has 4 heteroatoms. The summed E-state index contributed by atoms with van der Waals surface area (Å²) >= 11 is 0. The lowest BCUT2D eigenvalue weighted by molar-refractivity contribution is 0.154. The Morgan fingerprint density at radius 3 is 2.39 bits per heavy atom. The van der Waals surface area contributed by atoms with Crippen molar-refractivity contribution in [1.29, 1.82) is 0 Å². The standard InChI is InChI=1S/C14H19NO3/c1-10-4-6-12(17-10)8-15-13(9-16-3)14-7-5-11(2)18-14/h4-7,13,15H,8-9H2,1-3H3. The van der Waals surface area contributed by atoms with Gasteiger partial charge in [-0.05, 0) is 38.1 Å². The van der Waals surface area contributed by atoms with Gasteiger partial charge < -0.3 is 13.6 Å². The van der Waals surface area contributed by atoms with Crippen LogP contribution < -0.4 is 5.32 Å². The maximum Gasteiger partial charge on any atom is 0.123 e. The molecule has 18 heavy (non-hydrogen) atoms. The van der Waals surface area contributed by atoms with Gasteiger partial charge in [-0.2, -0.15) is 0 Å². The molecule has 0 radical (unpaired) electrons. The Bertz CT molecular complexity index is 487. The maximum atomic E-state index is 5.62. The van der Waals surface area contributed by atoms with Gasteiger partial charge in [0.05, 0.1) is 19.2 Å². The molecule has 2 aromatic heterocycles. The van der Waals surface area contributed by atoms with Crippen LogP contribution in [0.4, 0.5) is 0 Å². The molecule has 0 aliphatic heterocycles. The first-order chi connectivity index (χ1) is 8.69. The highest BCUT2D eigenvalue weighted by atomic mass is 16.5. The first-order valence-corrected chi connectivity index (χ1v) is 6.03. The highest BCUT2D eigenvalue weighted by molar-refractivity contribution is 5.11. The fourth-order valence-electron chi connectivity index (χ4n) is 1.85. The molecule has 0 aliphatic rings. The van der Waals surface area contributed by atoms with Crippen molar-refractivity contribution in [2.45, 2.75) is 26.4 Å². The summed E-state index contributed by atoms with van der Waals surface area (Å²) in [4.78, 5) is 0. The molecule has 2 heterocycles. The van der Waals surface area contributed by atoms with Crippen molar-refractivity contribution in [2.24, 2.45) is 0 Å². The number of furan rings is 2. The Morgan fingerprint density at radius 1 is 1.11 bits per heavy atom. The first kappa shape index (κ1) is 12.9. The molecule has 0 fully saturated rings. The molecule has 1 atom stereocenters. The van der Waals surface area contributed by atoms with Gasteiger partial charge in [-0.3, -0.25) is 5.32 Å². The Hall–Kier alpha value is -1.52. The molecule has 1 unspecified atom stereocenters. The van der Waals surface area contributed by atoms with Crippen molar-refractivity contribution >= 4 is 0 Å². The van der Waals surface area contributed by atoms with Gasteiger partial charge in [0, 0.05) is 7.11 Å². The number of aryl methyl sites for hydroxylation is 2. The van der Waals surface area contributed by atoms with Crippen LogP contribution in [0.1, 0.15) is 29.1 Å². The second kappa shape index (κ2) is 5.89. The van der Waals surface area contributed by atoms with Crippen molar-refractivity contribution in [3.63, 3.8) is 0 Å². The van der Waals surface area contributed by atoms with Crippen molar-refractivity contribution in [3.8, 4) is 0 Å². The van der Waals surface area contributed by atoms with Gasteiger partial charge >= 0.3 is 0 Å². The Labute approximate surface area is 107 Å². The van der Waals surface area contributed by atoms with Gasteiger partial charge in [0.2, 0.25) is 0 Å². The van der Waals surface area contributed by atoms with E-state index in [-0.39, 0.29) is 6.04 Å². The molecule has 0 spiro atoms. The van der Waals surface area contributed by atoms with Crippen LogP contribution in [0, 0.1) is 13.8 Å². The van der Waals surface area contributed by atoms with Crippen LogP contribution >= 0.6 is 0 Å². The maximum absolute atomic E-state index is 5.62. The molecule has 0 bridgehead atoms. The third-order valence-corrected chi connectivity index (χ3v) is 2.76. The average molecular weight is 249 g/mol. The largest absolute Gasteiger partial charge is 0.465 e. The van der Waals surface area contributed by atoms with E-state index in [1.54, 1.807) is 7.11 Å². The second-order valence-electron chi connectivity index (χ2n) is 4.35. The Morgan fingerprint density at radius 2 is 1.83 bits per heavy atom. The minimum absolute atomic E-state index is 0.0362. The highest BCUT2D eigenvalue weighted by Gasteiger charge is 2.15. The average Bonchev–Trinajstić information content (AvgIpc) is 2.94. The van der Waals surface area contributed by atoms with E-state index in [0.717, 1.165) is 23.0 Å². The van der Waals surface area contributed by atoms with E-state index >= 15 is 0 Å². The van der Waals surface area contributed by atoms with Gasteiger partial charge in [-0.25, -0.2) is 0 Å². The lowest BCUT2D eigenvalue weighted by Gasteiger charge is -2.14. The molecule has 0 amide bonds. The predicted molar refractivity (Wildman–Crippen MR) is 68.3 cm³/mol. The summed E-state index contributed by atoms with van der Waals surface area (Å²) in [6.07, 6.45) is 0. The van der Waals surface area contributed by atoms with Crippen LogP contribution in [0.15, 0.2) is 33.1 Å². The molecule has 2 rings (SSSR count). The summed E-state index contributed by atoms with van der Waals surface area (Å²) in [6, 6.07) is 7.89. The number of hydrogen-bond acceptors (Lipinski definition) is 4. The Balaban J connectivity index is 1.98. The van der Waals surface area contributed by atoms with E-state index in [0.29, 0.717) is 13.2 Å². The molecule has 0 aliphatic carbocycles. The molecule has 2 aromatic rings. The smallest absolute Gasteiger partial charge is 0.123 e. The third kappa shape index (κ3) is 3.24. The predicted octanol–water partition coefficient (Wildman–Crippen LogP) is 2.97. The van der Waals surface area contributed by atoms with E-state index in [4.69, 9.17) is 13.6 Å². The summed E-state index contributed by atoms with van der Waals surface area (Å²) in [7, 11) is 1.68. The zero-order valence-electron chi connectivity index (χ0n) is 11.0. The molecule has 98 valence electrons. The molecular formula is C14H19NO3. The van der Waals surface area contributed by atoms with Crippen LogP contribution in [0.5, 0.6) is 0 Å². The minimum atomic E-state index is 0.0362. The second-order valence-corrected chi connectivity index (χ2v) is 4.35. The van der Waals surface area contributed by atoms with Crippen LogP contribution in [0.3, 0.4) is 0 Å². The van der Waals surface area contributed by atoms with Gasteiger partial charge in [0.15, 0.2) is 0 Å². The van der Waals surface area contributed by atoms with Crippen molar-refractivity contribution in [1.82, 2.24) is 5.32 Å². The Kier molecular flexibility index (Phi) is 4.23. The summed E-state index contributed by atoms with van der Waals surface area (Å²) in [5.74, 6) is 3.63. The van der Waals surface area contributed by atoms with Crippen LogP contribution in [0.2, 0.25) is 0 Å². The number of rotatable bonds is 6. The van der Waals surface area contributed by atoms with Crippen LogP contribution in [-0.4, -0.2) is 13.7 Å². The zero-order chi connectivity index (χ0) is 13.0. The molecule has 4 nitrogen and oxygen atoms in total. The first-order valence-electron chi connectivity index (χ1n) is 6.03. The van der Waals surface area contributed by atoms with Gasteiger partial charge in [-0.1, -0.05) is 0 Å². The lowest BCUT2D eigenvalue weighted by Crippen LogP contribution is -2.24. The number of methoxy groups -OCH3 is 1. The summed E-state index contributed by atoms with van der Waals surface area (Å²) < 4.78 is 16.3. The molecule has 1 N–H and O–H groups in total. The van der Waals surface area contributed by atoms with Gasteiger partial charge in [0.25, 0.3) is 0 Å². The normalized spacial score (nSPS) is 12.8. The topological polar surface area (TPSA) is 47.5 Å². The van der Waals surface area contributed by atoms with E-state index in [1.165, 1.54) is 0 Å². The molecule has 0 aromatic carbocycles. The van der Waals surface area contributed by atoms with E-state index in [9.17, 15) is 0 Å². The van der Waals surface area contributed by atoms with Gasteiger partial charge in [0.1, 0.15) is 23.0 Å². The van der Waals surface area contributed by atoms with E-state index < -0.39 is 0 Å².